The van der Waals surface area contributed by atoms with Gasteiger partial charge in [-0.2, -0.15) is 0 Å². The summed E-state index contributed by atoms with van der Waals surface area (Å²) in [6.07, 6.45) is 3.13. The van der Waals surface area contributed by atoms with E-state index < -0.39 is 5.97 Å². The van der Waals surface area contributed by atoms with Gasteiger partial charge < -0.3 is 14.8 Å². The predicted molar refractivity (Wildman–Crippen MR) is 121 cm³/mol. The number of amides is 1. The van der Waals surface area contributed by atoms with Crippen molar-refractivity contribution in [2.45, 2.75) is 13.8 Å². The lowest BCUT2D eigenvalue weighted by Gasteiger charge is -2.08. The normalized spacial score (nSPS) is 10.8. The second-order valence-electron chi connectivity index (χ2n) is 6.54. The molecule has 0 aliphatic rings. The van der Waals surface area contributed by atoms with Gasteiger partial charge >= 0.3 is 5.97 Å². The van der Waals surface area contributed by atoms with Crippen LogP contribution in [-0.2, 0) is 9.53 Å². The van der Waals surface area contributed by atoms with E-state index >= 15 is 0 Å². The summed E-state index contributed by atoms with van der Waals surface area (Å²) in [5.74, 6) is -0.0321. The zero-order valence-electron chi connectivity index (χ0n) is 17.1. The van der Waals surface area contributed by atoms with Crippen molar-refractivity contribution < 1.29 is 19.1 Å². The lowest BCUT2D eigenvalue weighted by Crippen LogP contribution is -2.12. The molecule has 1 heterocycles. The molecule has 0 unspecified atom stereocenters. The monoisotopic (exact) mass is 421 g/mol. The fourth-order valence-electron chi connectivity index (χ4n) is 2.84. The van der Waals surface area contributed by atoms with Gasteiger partial charge in [0, 0.05) is 17.0 Å². The van der Waals surface area contributed by atoms with Crippen LogP contribution in [0.25, 0.3) is 17.2 Å². The van der Waals surface area contributed by atoms with Crippen molar-refractivity contribution >= 4 is 34.3 Å². The first kappa shape index (κ1) is 21.3. The minimum atomic E-state index is -0.455. The third-order valence-corrected chi connectivity index (χ3v) is 5.31. The Hall–Kier alpha value is -3.38. The van der Waals surface area contributed by atoms with Crippen LogP contribution in [0.15, 0.2) is 60.0 Å². The second-order valence-corrected chi connectivity index (χ2v) is 7.42. The SMILES string of the molecule is CCOC(=O)c1c(-c2ccc(C)cc2)csc1NC(=O)/C=C/c1ccc(OC)cc1. The molecule has 0 bridgehead atoms. The van der Waals surface area contributed by atoms with Crippen LogP contribution in [0.5, 0.6) is 5.75 Å². The number of benzene rings is 2. The maximum atomic E-state index is 12.6. The maximum Gasteiger partial charge on any atom is 0.341 e. The number of ether oxygens (including phenoxy) is 2. The van der Waals surface area contributed by atoms with Crippen LogP contribution in [0.4, 0.5) is 5.00 Å². The van der Waals surface area contributed by atoms with E-state index in [1.54, 1.807) is 20.1 Å². The number of nitrogens with one attached hydrogen (secondary N) is 1. The van der Waals surface area contributed by atoms with Crippen LogP contribution in [0.1, 0.15) is 28.4 Å². The van der Waals surface area contributed by atoms with Gasteiger partial charge in [0.15, 0.2) is 0 Å². The van der Waals surface area contributed by atoms with Gasteiger partial charge in [-0.25, -0.2) is 4.79 Å². The fourth-order valence-corrected chi connectivity index (χ4v) is 3.80. The fraction of sp³-hybridized carbons (Fsp3) is 0.167. The van der Waals surface area contributed by atoms with Gasteiger partial charge in [0.1, 0.15) is 16.3 Å². The number of hydrogen-bond donors (Lipinski definition) is 1. The zero-order chi connectivity index (χ0) is 21.5. The molecule has 6 heteroatoms. The van der Waals surface area contributed by atoms with Crippen LogP contribution in [0.3, 0.4) is 0 Å². The van der Waals surface area contributed by atoms with Gasteiger partial charge in [-0.15, -0.1) is 11.3 Å². The van der Waals surface area contributed by atoms with Crippen molar-refractivity contribution in [3.8, 4) is 16.9 Å². The number of thiophene rings is 1. The van der Waals surface area contributed by atoms with Crippen LogP contribution < -0.4 is 10.1 Å². The predicted octanol–water partition coefficient (Wildman–Crippen LogP) is 5.56. The number of hydrogen-bond acceptors (Lipinski definition) is 5. The summed E-state index contributed by atoms with van der Waals surface area (Å²) in [5.41, 5.74) is 4.01. The Balaban J connectivity index is 1.83. The number of esters is 1. The van der Waals surface area contributed by atoms with E-state index in [4.69, 9.17) is 9.47 Å². The number of rotatable bonds is 7. The second kappa shape index (κ2) is 9.89. The molecule has 0 saturated carbocycles. The Morgan fingerprint density at radius 3 is 2.40 bits per heavy atom. The molecule has 30 heavy (non-hydrogen) atoms. The van der Waals surface area contributed by atoms with Crippen molar-refractivity contribution in [2.75, 3.05) is 19.0 Å². The van der Waals surface area contributed by atoms with Gasteiger partial charge in [-0.05, 0) is 43.2 Å². The first-order chi connectivity index (χ1) is 14.5. The summed E-state index contributed by atoms with van der Waals surface area (Å²) in [7, 11) is 1.60. The molecule has 0 aliphatic heterocycles. The number of methoxy groups -OCH3 is 1. The zero-order valence-corrected chi connectivity index (χ0v) is 17.9. The molecular formula is C24H23NO4S. The van der Waals surface area contributed by atoms with Crippen LogP contribution >= 0.6 is 11.3 Å². The molecule has 5 nitrogen and oxygen atoms in total. The van der Waals surface area contributed by atoms with E-state index in [2.05, 4.69) is 5.32 Å². The number of carbonyl (C=O) groups excluding carboxylic acids is 2. The molecule has 154 valence electrons. The highest BCUT2D eigenvalue weighted by Crippen LogP contribution is 2.36. The standard InChI is InChI=1S/C24H23NO4S/c1-4-29-24(27)22-20(18-10-5-16(2)6-11-18)15-30-23(22)25-21(26)14-9-17-7-12-19(28-3)13-8-17/h5-15H,4H2,1-3H3,(H,25,26)/b14-9+. The first-order valence-corrected chi connectivity index (χ1v) is 10.4. The number of carbonyl (C=O) groups is 2. The summed E-state index contributed by atoms with van der Waals surface area (Å²) in [5, 5.41) is 5.14. The Kier molecular flexibility index (Phi) is 7.03. The van der Waals surface area contributed by atoms with Gasteiger partial charge in [-0.1, -0.05) is 42.0 Å². The van der Waals surface area contributed by atoms with Gasteiger partial charge in [0.2, 0.25) is 5.91 Å². The Morgan fingerprint density at radius 2 is 1.77 bits per heavy atom. The third-order valence-electron chi connectivity index (χ3n) is 4.41. The van der Waals surface area contributed by atoms with Crippen LogP contribution in [0, 0.1) is 6.92 Å². The highest BCUT2D eigenvalue weighted by molar-refractivity contribution is 7.15. The Morgan fingerprint density at radius 1 is 1.07 bits per heavy atom. The van der Waals surface area contributed by atoms with Gasteiger partial charge in [0.05, 0.1) is 13.7 Å². The largest absolute Gasteiger partial charge is 0.497 e. The first-order valence-electron chi connectivity index (χ1n) is 9.50. The summed E-state index contributed by atoms with van der Waals surface area (Å²) >= 11 is 1.30. The highest BCUT2D eigenvalue weighted by atomic mass is 32.1. The summed E-state index contributed by atoms with van der Waals surface area (Å²) in [6.45, 7) is 4.02. The highest BCUT2D eigenvalue weighted by Gasteiger charge is 2.22. The van der Waals surface area contributed by atoms with Crippen molar-refractivity contribution in [1.29, 1.82) is 0 Å². The van der Waals surface area contributed by atoms with Crippen molar-refractivity contribution in [2.24, 2.45) is 0 Å². The van der Waals surface area contributed by atoms with E-state index in [-0.39, 0.29) is 12.5 Å². The molecule has 3 rings (SSSR count). The minimum absolute atomic E-state index is 0.257. The van der Waals surface area contributed by atoms with Crippen LogP contribution in [-0.4, -0.2) is 25.6 Å². The van der Waals surface area contributed by atoms with Crippen molar-refractivity contribution in [3.63, 3.8) is 0 Å². The molecule has 0 aliphatic carbocycles. The topological polar surface area (TPSA) is 64.6 Å². The van der Waals surface area contributed by atoms with Crippen molar-refractivity contribution in [1.82, 2.24) is 0 Å². The van der Waals surface area contributed by atoms with Crippen LogP contribution in [0.2, 0.25) is 0 Å². The van der Waals surface area contributed by atoms with E-state index in [9.17, 15) is 9.59 Å². The molecule has 2 aromatic carbocycles. The molecule has 0 atom stereocenters. The number of aryl methyl sites for hydroxylation is 1. The van der Waals surface area contributed by atoms with Gasteiger partial charge in [0.25, 0.3) is 0 Å². The minimum Gasteiger partial charge on any atom is -0.497 e. The van der Waals surface area contributed by atoms with E-state index in [0.717, 1.165) is 28.0 Å². The summed E-state index contributed by atoms with van der Waals surface area (Å²) < 4.78 is 10.4. The molecule has 1 amide bonds. The molecule has 0 saturated heterocycles. The quantitative estimate of drug-likeness (QED) is 0.401. The smallest absolute Gasteiger partial charge is 0.341 e. The Labute approximate surface area is 180 Å². The number of anilines is 1. The maximum absolute atomic E-state index is 12.6. The summed E-state index contributed by atoms with van der Waals surface area (Å²) in [4.78, 5) is 25.1. The molecule has 3 aromatic rings. The molecule has 0 fully saturated rings. The molecule has 1 aromatic heterocycles. The average Bonchev–Trinajstić information content (AvgIpc) is 3.17. The van der Waals surface area contributed by atoms with E-state index in [0.29, 0.717) is 10.6 Å². The molecule has 1 N–H and O–H groups in total. The molecule has 0 radical (unpaired) electrons. The van der Waals surface area contributed by atoms with E-state index in [1.165, 1.54) is 17.4 Å². The van der Waals surface area contributed by atoms with E-state index in [1.807, 2.05) is 60.8 Å². The average molecular weight is 422 g/mol. The van der Waals surface area contributed by atoms with Crippen molar-refractivity contribution in [3.05, 3.63) is 76.7 Å². The summed E-state index contributed by atoms with van der Waals surface area (Å²) in [6, 6.07) is 15.2. The lowest BCUT2D eigenvalue weighted by molar-refractivity contribution is -0.111. The molecular weight excluding hydrogens is 398 g/mol. The molecule has 0 spiro atoms. The third kappa shape index (κ3) is 5.15. The lowest BCUT2D eigenvalue weighted by atomic mass is 10.0. The Bertz CT molecular complexity index is 1050. The van der Waals surface area contributed by atoms with Gasteiger partial charge in [-0.3, -0.25) is 4.79 Å².